The van der Waals surface area contributed by atoms with Crippen LogP contribution < -0.4 is 0 Å². The third-order valence-corrected chi connectivity index (χ3v) is 7.08. The molecule has 5 atom stereocenters. The molecule has 0 aromatic heterocycles. The maximum absolute atomic E-state index is 11.2. The number of fused-ring (bicyclic) bond motifs is 3. The fraction of sp³-hybridized carbons (Fsp3) is 1.00. The van der Waals surface area contributed by atoms with Crippen molar-refractivity contribution in [1.29, 1.82) is 0 Å². The van der Waals surface area contributed by atoms with Crippen molar-refractivity contribution in [3.63, 3.8) is 0 Å². The van der Waals surface area contributed by atoms with Gasteiger partial charge in [-0.25, -0.2) is 0 Å². The Kier molecular flexibility index (Phi) is 3.61. The molecule has 3 aliphatic rings. The summed E-state index contributed by atoms with van der Waals surface area (Å²) in [6.45, 7) is 6.74. The first kappa shape index (κ1) is 18.5. The molecule has 1 saturated heterocycles. The lowest BCUT2D eigenvalue weighted by molar-refractivity contribution is -0.287. The van der Waals surface area contributed by atoms with Crippen molar-refractivity contribution in [1.82, 2.24) is 4.90 Å². The lowest BCUT2D eigenvalue weighted by atomic mass is 9.92. The molecule has 1 heterocycles. The average molecular weight is 347 g/mol. The van der Waals surface area contributed by atoms with Crippen LogP contribution in [0.25, 0.3) is 0 Å². The number of aliphatic hydroxyl groups excluding tert-OH is 2. The smallest absolute Gasteiger partial charge is 0.207 e. The van der Waals surface area contributed by atoms with Gasteiger partial charge in [-0.15, -0.1) is 0 Å². The Balaban J connectivity index is 1.97. The van der Waals surface area contributed by atoms with Crippen molar-refractivity contribution in [3.05, 3.63) is 0 Å². The molecule has 0 unspecified atom stereocenters. The first-order chi connectivity index (χ1) is 10.8. The van der Waals surface area contributed by atoms with Gasteiger partial charge in [-0.1, -0.05) is 27.7 Å². The first-order valence-electron chi connectivity index (χ1n) is 8.36. The maximum atomic E-state index is 11.2. The summed E-state index contributed by atoms with van der Waals surface area (Å²) in [5.74, 6) is -1.97. The van der Waals surface area contributed by atoms with Crippen LogP contribution in [0.3, 0.4) is 0 Å². The van der Waals surface area contributed by atoms with Crippen LogP contribution in [0.5, 0.6) is 0 Å². The summed E-state index contributed by atoms with van der Waals surface area (Å²) in [6.07, 6.45) is -0.984. The fourth-order valence-electron chi connectivity index (χ4n) is 5.22. The average Bonchev–Trinajstić information content (AvgIpc) is 3.03. The number of aliphatic hydroxyl groups is 6. The zero-order valence-electron chi connectivity index (χ0n) is 14.7. The molecule has 0 amide bonds. The number of nitrogens with zero attached hydrogens (tertiary/aromatic N) is 1. The number of rotatable bonds is 6. The van der Waals surface area contributed by atoms with Crippen molar-refractivity contribution < 1.29 is 35.4 Å². The van der Waals surface area contributed by atoms with Crippen LogP contribution in [0.4, 0.5) is 0 Å². The predicted octanol–water partition coefficient (Wildman–Crippen LogP) is -2.37. The molecule has 8 heteroatoms. The van der Waals surface area contributed by atoms with E-state index in [0.29, 0.717) is 0 Å². The Bertz CT molecular complexity index is 549. The standard InChI is InChI=1S/C16H29NO7/c1-11(2)13(20)10(9-17(5-7-18)6-8-19)24-16(23)12(3,4)15(16,22)14(11,13)21/h10,18-23H,5-9H2,1-4H3/t10-,13-,14+,15-,16+/m1/s1. The maximum Gasteiger partial charge on any atom is 0.207 e. The molecule has 0 bridgehead atoms. The number of ether oxygens (including phenoxy) is 1. The van der Waals surface area contributed by atoms with Crippen molar-refractivity contribution >= 4 is 0 Å². The summed E-state index contributed by atoms with van der Waals surface area (Å²) in [4.78, 5) is 1.68. The lowest BCUT2D eigenvalue weighted by Gasteiger charge is -2.39. The molecule has 140 valence electrons. The van der Waals surface area contributed by atoms with Gasteiger partial charge in [-0.2, -0.15) is 0 Å². The molecule has 8 nitrogen and oxygen atoms in total. The highest BCUT2D eigenvalue weighted by Gasteiger charge is 3.08. The zero-order valence-corrected chi connectivity index (χ0v) is 14.7. The van der Waals surface area contributed by atoms with E-state index in [2.05, 4.69) is 0 Å². The Morgan fingerprint density at radius 1 is 0.833 bits per heavy atom. The predicted molar refractivity (Wildman–Crippen MR) is 82.8 cm³/mol. The van der Waals surface area contributed by atoms with Gasteiger partial charge in [0.25, 0.3) is 0 Å². The SMILES string of the molecule is CC1(C)[C@@]2(O)[C@]3(O)C(C)(C)[C@]3(O)[C@@H](CN(CCO)CCO)O[C@@]12O. The third kappa shape index (κ3) is 1.46. The van der Waals surface area contributed by atoms with Crippen molar-refractivity contribution in [2.24, 2.45) is 10.8 Å². The Morgan fingerprint density at radius 2 is 1.33 bits per heavy atom. The Morgan fingerprint density at radius 3 is 1.79 bits per heavy atom. The van der Waals surface area contributed by atoms with E-state index in [-0.39, 0.29) is 32.8 Å². The molecule has 0 aromatic rings. The highest BCUT2D eigenvalue weighted by atomic mass is 16.7. The van der Waals surface area contributed by atoms with Crippen LogP contribution in [0.2, 0.25) is 0 Å². The molecule has 3 fully saturated rings. The second-order valence-corrected chi connectivity index (χ2v) is 8.44. The lowest BCUT2D eigenvalue weighted by Crippen LogP contribution is -2.60. The Hall–Kier alpha value is -0.320. The second kappa shape index (κ2) is 4.69. The van der Waals surface area contributed by atoms with E-state index in [1.807, 2.05) is 0 Å². The molecule has 2 aliphatic carbocycles. The summed E-state index contributed by atoms with van der Waals surface area (Å²) >= 11 is 0. The first-order valence-corrected chi connectivity index (χ1v) is 8.36. The topological polar surface area (TPSA) is 134 Å². The van der Waals surface area contributed by atoms with Gasteiger partial charge >= 0.3 is 0 Å². The van der Waals surface area contributed by atoms with E-state index in [4.69, 9.17) is 14.9 Å². The minimum atomic E-state index is -1.97. The van der Waals surface area contributed by atoms with Gasteiger partial charge in [0.1, 0.15) is 17.3 Å². The van der Waals surface area contributed by atoms with Crippen LogP contribution >= 0.6 is 0 Å². The molecule has 0 aromatic carbocycles. The molecule has 1 aliphatic heterocycles. The van der Waals surface area contributed by atoms with Crippen LogP contribution in [0, 0.1) is 10.8 Å². The molecule has 24 heavy (non-hydrogen) atoms. The third-order valence-electron chi connectivity index (χ3n) is 7.08. The van der Waals surface area contributed by atoms with E-state index >= 15 is 0 Å². The van der Waals surface area contributed by atoms with E-state index in [9.17, 15) is 20.4 Å². The summed E-state index contributed by atoms with van der Waals surface area (Å²) < 4.78 is 5.74. The zero-order chi connectivity index (χ0) is 18.4. The monoisotopic (exact) mass is 347 g/mol. The van der Waals surface area contributed by atoms with Crippen LogP contribution in [-0.4, -0.2) is 97.1 Å². The van der Waals surface area contributed by atoms with Crippen LogP contribution in [0.1, 0.15) is 27.7 Å². The van der Waals surface area contributed by atoms with Crippen LogP contribution in [0.15, 0.2) is 0 Å². The van der Waals surface area contributed by atoms with Crippen molar-refractivity contribution in [2.75, 3.05) is 32.8 Å². The molecular formula is C16H29NO7. The largest absolute Gasteiger partial charge is 0.395 e. The van der Waals surface area contributed by atoms with Crippen LogP contribution in [-0.2, 0) is 4.74 Å². The summed E-state index contributed by atoms with van der Waals surface area (Å²) in [6, 6.07) is 0. The normalized spacial score (nSPS) is 50.4. The molecule has 2 saturated carbocycles. The highest BCUT2D eigenvalue weighted by Crippen LogP contribution is 2.86. The molecule has 3 rings (SSSR count). The van der Waals surface area contributed by atoms with Gasteiger partial charge in [-0.3, -0.25) is 4.90 Å². The number of hydrogen-bond acceptors (Lipinski definition) is 8. The fourth-order valence-corrected chi connectivity index (χ4v) is 5.22. The van der Waals surface area contributed by atoms with E-state index in [1.165, 1.54) is 0 Å². The van der Waals surface area contributed by atoms with E-state index < -0.39 is 39.5 Å². The van der Waals surface area contributed by atoms with Gasteiger partial charge in [-0.05, 0) is 0 Å². The molecule has 6 N–H and O–H groups in total. The quantitative estimate of drug-likeness (QED) is 0.314. The van der Waals surface area contributed by atoms with Gasteiger partial charge in [0.15, 0.2) is 5.60 Å². The summed E-state index contributed by atoms with van der Waals surface area (Å²) in [7, 11) is 0. The van der Waals surface area contributed by atoms with E-state index in [1.54, 1.807) is 32.6 Å². The highest BCUT2D eigenvalue weighted by molar-refractivity contribution is 5.53. The van der Waals surface area contributed by atoms with Gasteiger partial charge in [0.05, 0.1) is 18.6 Å². The van der Waals surface area contributed by atoms with Gasteiger partial charge < -0.3 is 35.4 Å². The van der Waals surface area contributed by atoms with E-state index in [0.717, 1.165) is 0 Å². The van der Waals surface area contributed by atoms with Gasteiger partial charge in [0.2, 0.25) is 5.79 Å². The van der Waals surface area contributed by atoms with Crippen molar-refractivity contribution in [3.8, 4) is 0 Å². The van der Waals surface area contributed by atoms with Crippen molar-refractivity contribution in [2.45, 2.75) is 56.4 Å². The summed E-state index contributed by atoms with van der Waals surface area (Å²) in [5, 5.41) is 62.5. The molecule has 0 spiro atoms. The van der Waals surface area contributed by atoms with Gasteiger partial charge in [0, 0.05) is 25.0 Å². The summed E-state index contributed by atoms with van der Waals surface area (Å²) in [5.41, 5.74) is -7.89. The number of hydrogen-bond donors (Lipinski definition) is 6. The molecule has 0 radical (unpaired) electrons. The Labute approximate surface area is 141 Å². The minimum absolute atomic E-state index is 0.0951. The minimum Gasteiger partial charge on any atom is -0.395 e. The molecular weight excluding hydrogens is 318 g/mol. The second-order valence-electron chi connectivity index (χ2n) is 8.44.